The fraction of sp³-hybridized carbons (Fsp3) is 0.154. The van der Waals surface area contributed by atoms with Gasteiger partial charge < -0.3 is 9.47 Å². The largest absolute Gasteiger partial charge is 0.464 e. The molecule has 1 amide bonds. The predicted molar refractivity (Wildman–Crippen MR) is 119 cm³/mol. The van der Waals surface area contributed by atoms with Crippen LogP contribution in [0, 0.1) is 6.92 Å². The highest BCUT2D eigenvalue weighted by Gasteiger charge is 2.42. The SMILES string of the molecule is CCOC(=O)C1=C(c2ccccc2)OC(c2ccc(C)cc2)N(c2ccccc2)C1=O. The molecule has 0 saturated carbocycles. The third-order valence-corrected chi connectivity index (χ3v) is 5.04. The average molecular weight is 413 g/mol. The molecule has 5 heteroatoms. The summed E-state index contributed by atoms with van der Waals surface area (Å²) in [5, 5.41) is 0. The van der Waals surface area contributed by atoms with Crippen molar-refractivity contribution in [2.45, 2.75) is 20.1 Å². The van der Waals surface area contributed by atoms with Gasteiger partial charge in [-0.05, 0) is 26.0 Å². The first kappa shape index (κ1) is 20.4. The van der Waals surface area contributed by atoms with Crippen molar-refractivity contribution in [3.05, 3.63) is 107 Å². The number of carbonyl (C=O) groups excluding carboxylic acids is 2. The number of nitrogens with zero attached hydrogens (tertiary/aromatic N) is 1. The number of esters is 1. The van der Waals surface area contributed by atoms with E-state index in [-0.39, 0.29) is 17.9 Å². The van der Waals surface area contributed by atoms with Gasteiger partial charge >= 0.3 is 5.97 Å². The third kappa shape index (κ3) is 4.08. The first-order chi connectivity index (χ1) is 15.1. The second kappa shape index (κ2) is 8.88. The minimum Gasteiger partial charge on any atom is -0.464 e. The molecule has 0 bridgehead atoms. The van der Waals surface area contributed by atoms with Gasteiger partial charge in [0, 0.05) is 16.8 Å². The molecule has 4 rings (SSSR count). The van der Waals surface area contributed by atoms with Crippen LogP contribution in [0.4, 0.5) is 5.69 Å². The molecule has 0 fully saturated rings. The van der Waals surface area contributed by atoms with E-state index in [1.807, 2.05) is 91.9 Å². The molecule has 5 nitrogen and oxygen atoms in total. The number of carbonyl (C=O) groups is 2. The summed E-state index contributed by atoms with van der Waals surface area (Å²) in [5.74, 6) is -0.934. The molecule has 1 unspecified atom stereocenters. The van der Waals surface area contributed by atoms with Crippen molar-refractivity contribution in [2.24, 2.45) is 0 Å². The van der Waals surface area contributed by atoms with Crippen molar-refractivity contribution in [2.75, 3.05) is 11.5 Å². The lowest BCUT2D eigenvalue weighted by Gasteiger charge is -2.37. The summed E-state index contributed by atoms with van der Waals surface area (Å²) in [5.41, 5.74) is 3.07. The maximum absolute atomic E-state index is 13.8. The Morgan fingerprint density at radius 2 is 1.55 bits per heavy atom. The molecule has 1 atom stereocenters. The van der Waals surface area contributed by atoms with Crippen LogP contribution in [0.15, 0.2) is 90.5 Å². The Balaban J connectivity index is 1.92. The molecule has 1 aliphatic rings. The van der Waals surface area contributed by atoms with Crippen molar-refractivity contribution >= 4 is 23.3 Å². The van der Waals surface area contributed by atoms with Gasteiger partial charge in [-0.25, -0.2) is 4.79 Å². The van der Waals surface area contributed by atoms with Crippen LogP contribution in [0.25, 0.3) is 5.76 Å². The zero-order valence-corrected chi connectivity index (χ0v) is 17.4. The summed E-state index contributed by atoms with van der Waals surface area (Å²) in [6.07, 6.45) is -0.733. The first-order valence-electron chi connectivity index (χ1n) is 10.2. The van der Waals surface area contributed by atoms with Gasteiger partial charge in [0.1, 0.15) is 5.76 Å². The van der Waals surface area contributed by atoms with Crippen molar-refractivity contribution in [3.8, 4) is 0 Å². The zero-order valence-electron chi connectivity index (χ0n) is 17.4. The number of rotatable bonds is 5. The lowest BCUT2D eigenvalue weighted by Crippen LogP contribution is -2.43. The topological polar surface area (TPSA) is 55.8 Å². The standard InChI is InChI=1S/C26H23NO4/c1-3-30-26(29)22-23(19-10-6-4-7-11-19)31-25(20-16-14-18(2)15-17-20)27(24(22)28)21-12-8-5-9-13-21/h4-17,25H,3H2,1-2H3. The van der Waals surface area contributed by atoms with Gasteiger partial charge in [-0.2, -0.15) is 0 Å². The lowest BCUT2D eigenvalue weighted by atomic mass is 10.0. The van der Waals surface area contributed by atoms with E-state index in [9.17, 15) is 9.59 Å². The van der Waals surface area contributed by atoms with Crippen LogP contribution in [-0.2, 0) is 19.1 Å². The monoisotopic (exact) mass is 413 g/mol. The van der Waals surface area contributed by atoms with Gasteiger partial charge in [-0.15, -0.1) is 0 Å². The van der Waals surface area contributed by atoms with E-state index in [1.165, 1.54) is 4.90 Å². The molecule has 1 aliphatic heterocycles. The molecule has 0 spiro atoms. The normalized spacial score (nSPS) is 16.1. The number of ether oxygens (including phenoxy) is 2. The fourth-order valence-corrected chi connectivity index (χ4v) is 3.52. The fourth-order valence-electron chi connectivity index (χ4n) is 3.52. The number of amides is 1. The quantitative estimate of drug-likeness (QED) is 0.435. The van der Waals surface area contributed by atoms with Crippen LogP contribution in [0.2, 0.25) is 0 Å². The Morgan fingerprint density at radius 3 is 2.16 bits per heavy atom. The molecule has 3 aromatic carbocycles. The Bertz CT molecular complexity index is 1110. The number of hydrogen-bond donors (Lipinski definition) is 0. The van der Waals surface area contributed by atoms with Gasteiger partial charge in [0.15, 0.2) is 5.57 Å². The minimum absolute atomic E-state index is 0.111. The minimum atomic E-state index is -0.733. The summed E-state index contributed by atoms with van der Waals surface area (Å²) in [6.45, 7) is 3.86. The molecule has 1 heterocycles. The van der Waals surface area contributed by atoms with Crippen LogP contribution in [0.5, 0.6) is 0 Å². The number of aryl methyl sites for hydroxylation is 1. The van der Waals surface area contributed by atoms with Crippen LogP contribution < -0.4 is 4.90 Å². The molecule has 0 N–H and O–H groups in total. The molecule has 3 aromatic rings. The Kier molecular flexibility index (Phi) is 5.85. The summed E-state index contributed by atoms with van der Waals surface area (Å²) < 4.78 is 11.6. The molecular formula is C26H23NO4. The highest BCUT2D eigenvalue weighted by atomic mass is 16.5. The number of para-hydroxylation sites is 1. The molecule has 0 aromatic heterocycles. The van der Waals surface area contributed by atoms with Crippen molar-refractivity contribution in [1.82, 2.24) is 0 Å². The molecule has 31 heavy (non-hydrogen) atoms. The van der Waals surface area contributed by atoms with Crippen molar-refractivity contribution in [3.63, 3.8) is 0 Å². The van der Waals surface area contributed by atoms with Crippen LogP contribution >= 0.6 is 0 Å². The lowest BCUT2D eigenvalue weighted by molar-refractivity contribution is -0.140. The van der Waals surface area contributed by atoms with Crippen LogP contribution in [0.3, 0.4) is 0 Å². The maximum Gasteiger partial charge on any atom is 0.347 e. The van der Waals surface area contributed by atoms with E-state index in [4.69, 9.17) is 9.47 Å². The Hall–Kier alpha value is -3.86. The summed E-state index contributed by atoms with van der Waals surface area (Å²) >= 11 is 0. The second-order valence-electron chi connectivity index (χ2n) is 7.18. The maximum atomic E-state index is 13.8. The number of benzene rings is 3. The van der Waals surface area contributed by atoms with Gasteiger partial charge in [0.25, 0.3) is 5.91 Å². The molecule has 0 radical (unpaired) electrons. The zero-order chi connectivity index (χ0) is 21.8. The predicted octanol–water partition coefficient (Wildman–Crippen LogP) is 5.03. The van der Waals surface area contributed by atoms with E-state index in [1.54, 1.807) is 6.92 Å². The van der Waals surface area contributed by atoms with E-state index in [0.29, 0.717) is 11.3 Å². The average Bonchev–Trinajstić information content (AvgIpc) is 2.80. The van der Waals surface area contributed by atoms with E-state index >= 15 is 0 Å². The Morgan fingerprint density at radius 1 is 0.935 bits per heavy atom. The van der Waals surface area contributed by atoms with E-state index < -0.39 is 18.1 Å². The van der Waals surface area contributed by atoms with Gasteiger partial charge in [-0.1, -0.05) is 78.4 Å². The summed E-state index contributed by atoms with van der Waals surface area (Å²) in [7, 11) is 0. The summed E-state index contributed by atoms with van der Waals surface area (Å²) in [6, 6.07) is 26.2. The van der Waals surface area contributed by atoms with E-state index in [2.05, 4.69) is 0 Å². The molecular weight excluding hydrogens is 390 g/mol. The van der Waals surface area contributed by atoms with Crippen LogP contribution in [0.1, 0.15) is 29.8 Å². The van der Waals surface area contributed by atoms with Gasteiger partial charge in [-0.3, -0.25) is 9.69 Å². The highest BCUT2D eigenvalue weighted by molar-refractivity contribution is 6.27. The molecule has 0 aliphatic carbocycles. The summed E-state index contributed by atoms with van der Waals surface area (Å²) in [4.78, 5) is 28.1. The Labute approximate surface area is 181 Å². The van der Waals surface area contributed by atoms with Crippen molar-refractivity contribution in [1.29, 1.82) is 0 Å². The first-order valence-corrected chi connectivity index (χ1v) is 10.2. The molecule has 0 saturated heterocycles. The molecule has 156 valence electrons. The van der Waals surface area contributed by atoms with Crippen LogP contribution in [-0.4, -0.2) is 18.5 Å². The third-order valence-electron chi connectivity index (χ3n) is 5.04. The smallest absolute Gasteiger partial charge is 0.347 e. The second-order valence-corrected chi connectivity index (χ2v) is 7.18. The van der Waals surface area contributed by atoms with Gasteiger partial charge in [0.05, 0.1) is 6.61 Å². The number of anilines is 1. The highest BCUT2D eigenvalue weighted by Crippen LogP contribution is 2.40. The van der Waals surface area contributed by atoms with Crippen molar-refractivity contribution < 1.29 is 19.1 Å². The number of hydrogen-bond acceptors (Lipinski definition) is 4. The van der Waals surface area contributed by atoms with Gasteiger partial charge in [0.2, 0.25) is 6.23 Å². The van der Waals surface area contributed by atoms with E-state index in [0.717, 1.165) is 11.1 Å².